The van der Waals surface area contributed by atoms with Crippen molar-refractivity contribution in [2.24, 2.45) is 5.92 Å². The molecule has 0 saturated carbocycles. The van der Waals surface area contributed by atoms with Gasteiger partial charge in [-0.2, -0.15) is 0 Å². The Bertz CT molecular complexity index is 567. The zero-order chi connectivity index (χ0) is 14.7. The molecular weight excluding hydrogens is 246 g/mol. The van der Waals surface area contributed by atoms with Crippen molar-refractivity contribution < 1.29 is 0 Å². The summed E-state index contributed by atoms with van der Waals surface area (Å²) in [4.78, 5) is 4.77. The lowest BCUT2D eigenvalue weighted by Crippen LogP contribution is -2.06. The van der Waals surface area contributed by atoms with Crippen molar-refractivity contribution in [1.82, 2.24) is 9.55 Å². The van der Waals surface area contributed by atoms with Gasteiger partial charge in [0.1, 0.15) is 5.82 Å². The Kier molecular flexibility index (Phi) is 4.69. The van der Waals surface area contributed by atoms with Crippen LogP contribution in [0.4, 0.5) is 5.69 Å². The van der Waals surface area contributed by atoms with Gasteiger partial charge in [-0.15, -0.1) is 0 Å². The molecule has 0 saturated heterocycles. The van der Waals surface area contributed by atoms with Gasteiger partial charge in [0.2, 0.25) is 0 Å². The van der Waals surface area contributed by atoms with Crippen LogP contribution in [0.1, 0.15) is 58.7 Å². The van der Waals surface area contributed by atoms with Crippen LogP contribution in [-0.2, 0) is 6.54 Å². The van der Waals surface area contributed by atoms with Crippen LogP contribution in [-0.4, -0.2) is 9.55 Å². The number of benzene rings is 1. The fraction of sp³-hybridized carbons (Fsp3) is 0.588. The fourth-order valence-corrected chi connectivity index (χ4v) is 2.66. The Morgan fingerprint density at radius 3 is 2.55 bits per heavy atom. The minimum atomic E-state index is 0.439. The number of unbranched alkanes of at least 4 members (excludes halogenated alkanes) is 1. The third-order valence-corrected chi connectivity index (χ3v) is 3.73. The van der Waals surface area contributed by atoms with Gasteiger partial charge in [0.05, 0.1) is 11.0 Å². The molecule has 0 aliphatic carbocycles. The molecule has 3 nitrogen and oxygen atoms in total. The Balaban J connectivity index is 2.22. The summed E-state index contributed by atoms with van der Waals surface area (Å²) < 4.78 is 2.37. The number of aromatic nitrogens is 2. The largest absolute Gasteiger partial charge is 0.399 e. The molecule has 2 rings (SSSR count). The van der Waals surface area contributed by atoms with Crippen LogP contribution in [0.25, 0.3) is 11.0 Å². The maximum Gasteiger partial charge on any atom is 0.112 e. The highest BCUT2D eigenvalue weighted by Gasteiger charge is 2.13. The topological polar surface area (TPSA) is 43.8 Å². The summed E-state index contributed by atoms with van der Waals surface area (Å²) in [6, 6.07) is 6.05. The number of anilines is 1. The van der Waals surface area contributed by atoms with E-state index in [0.717, 1.165) is 23.7 Å². The van der Waals surface area contributed by atoms with Crippen LogP contribution < -0.4 is 5.73 Å². The number of fused-ring (bicyclic) bond motifs is 1. The van der Waals surface area contributed by atoms with E-state index < -0.39 is 0 Å². The Labute approximate surface area is 122 Å². The van der Waals surface area contributed by atoms with Crippen molar-refractivity contribution >= 4 is 16.7 Å². The van der Waals surface area contributed by atoms with Crippen molar-refractivity contribution in [3.8, 4) is 0 Å². The van der Waals surface area contributed by atoms with Gasteiger partial charge in [-0.05, 0) is 30.5 Å². The summed E-state index contributed by atoms with van der Waals surface area (Å²) in [5, 5.41) is 0. The number of rotatable bonds is 6. The fourth-order valence-electron chi connectivity index (χ4n) is 2.66. The molecule has 0 fully saturated rings. The van der Waals surface area contributed by atoms with Crippen molar-refractivity contribution in [3.63, 3.8) is 0 Å². The average Bonchev–Trinajstić information content (AvgIpc) is 2.72. The van der Waals surface area contributed by atoms with Crippen molar-refractivity contribution in [2.45, 2.75) is 59.4 Å². The highest BCUT2D eigenvalue weighted by Crippen LogP contribution is 2.24. The second kappa shape index (κ2) is 6.29. The quantitative estimate of drug-likeness (QED) is 0.619. The van der Waals surface area contributed by atoms with Crippen molar-refractivity contribution in [1.29, 1.82) is 0 Å². The molecule has 0 aliphatic heterocycles. The summed E-state index contributed by atoms with van der Waals surface area (Å²) >= 11 is 0. The predicted molar refractivity (Wildman–Crippen MR) is 86.9 cm³/mol. The molecule has 3 heteroatoms. The number of hydrogen-bond acceptors (Lipinski definition) is 2. The van der Waals surface area contributed by atoms with Gasteiger partial charge in [-0.1, -0.05) is 40.5 Å². The summed E-state index contributed by atoms with van der Waals surface area (Å²) in [6.07, 6.45) is 3.80. The molecule has 0 aliphatic rings. The third kappa shape index (κ3) is 3.33. The second-order valence-corrected chi connectivity index (χ2v) is 6.41. The van der Waals surface area contributed by atoms with Gasteiger partial charge in [-0.25, -0.2) is 4.98 Å². The van der Waals surface area contributed by atoms with Gasteiger partial charge in [-0.3, -0.25) is 0 Å². The van der Waals surface area contributed by atoms with E-state index in [4.69, 9.17) is 10.7 Å². The van der Waals surface area contributed by atoms with E-state index in [9.17, 15) is 0 Å². The maximum absolute atomic E-state index is 5.87. The minimum absolute atomic E-state index is 0.439. The predicted octanol–water partition coefficient (Wildman–Crippen LogP) is 4.57. The number of nitrogens with two attached hydrogens (primary N) is 1. The highest BCUT2D eigenvalue weighted by molar-refractivity contribution is 5.79. The molecule has 110 valence electrons. The van der Waals surface area contributed by atoms with Crippen molar-refractivity contribution in [2.75, 3.05) is 5.73 Å². The van der Waals surface area contributed by atoms with Crippen LogP contribution in [0.15, 0.2) is 18.2 Å². The molecule has 1 aromatic heterocycles. The molecule has 2 aromatic rings. The second-order valence-electron chi connectivity index (χ2n) is 6.41. The molecule has 0 unspecified atom stereocenters. The zero-order valence-corrected chi connectivity index (χ0v) is 13.2. The summed E-state index contributed by atoms with van der Waals surface area (Å²) in [6.45, 7) is 10.0. The highest BCUT2D eigenvalue weighted by atomic mass is 15.1. The molecular formula is C17H27N3. The summed E-state index contributed by atoms with van der Waals surface area (Å²) in [5.74, 6) is 2.41. The van der Waals surface area contributed by atoms with E-state index in [1.54, 1.807) is 0 Å². The van der Waals surface area contributed by atoms with Crippen LogP contribution in [0, 0.1) is 5.92 Å². The van der Waals surface area contributed by atoms with E-state index in [1.165, 1.54) is 30.6 Å². The standard InChI is InChI=1S/C17H27N3/c1-12(2)7-5-6-10-20-16-9-8-14(18)11-15(16)19-17(20)13(3)4/h8-9,11-13H,5-7,10,18H2,1-4H3. The summed E-state index contributed by atoms with van der Waals surface area (Å²) in [5.41, 5.74) is 8.89. The van der Waals surface area contributed by atoms with Crippen molar-refractivity contribution in [3.05, 3.63) is 24.0 Å². The van der Waals surface area contributed by atoms with Gasteiger partial charge < -0.3 is 10.3 Å². The average molecular weight is 273 g/mol. The Hall–Kier alpha value is -1.51. The van der Waals surface area contributed by atoms with E-state index >= 15 is 0 Å². The summed E-state index contributed by atoms with van der Waals surface area (Å²) in [7, 11) is 0. The van der Waals surface area contributed by atoms with Gasteiger partial charge in [0, 0.05) is 18.2 Å². The van der Waals surface area contributed by atoms with E-state index in [-0.39, 0.29) is 0 Å². The SMILES string of the molecule is CC(C)CCCCn1c(C(C)C)nc2cc(N)ccc21. The normalized spacial score (nSPS) is 11.9. The van der Waals surface area contributed by atoms with Crippen LogP contribution in [0.2, 0.25) is 0 Å². The molecule has 0 atom stereocenters. The molecule has 1 heterocycles. The monoisotopic (exact) mass is 273 g/mol. The van der Waals surface area contributed by atoms with E-state index in [2.05, 4.69) is 38.3 Å². The Morgan fingerprint density at radius 2 is 1.90 bits per heavy atom. The first-order valence-corrected chi connectivity index (χ1v) is 7.74. The molecule has 0 spiro atoms. The lowest BCUT2D eigenvalue weighted by atomic mass is 10.1. The molecule has 0 radical (unpaired) electrons. The maximum atomic E-state index is 5.87. The first-order chi connectivity index (χ1) is 9.49. The van der Waals surface area contributed by atoms with Crippen LogP contribution >= 0.6 is 0 Å². The molecule has 1 aromatic carbocycles. The third-order valence-electron chi connectivity index (χ3n) is 3.73. The smallest absolute Gasteiger partial charge is 0.112 e. The van der Waals surface area contributed by atoms with E-state index in [0.29, 0.717) is 5.92 Å². The lowest BCUT2D eigenvalue weighted by Gasteiger charge is -2.12. The number of aryl methyl sites for hydroxylation is 1. The Morgan fingerprint density at radius 1 is 1.15 bits per heavy atom. The molecule has 0 bridgehead atoms. The molecule has 20 heavy (non-hydrogen) atoms. The first kappa shape index (κ1) is 14.9. The molecule has 2 N–H and O–H groups in total. The first-order valence-electron chi connectivity index (χ1n) is 7.74. The van der Waals surface area contributed by atoms with Gasteiger partial charge >= 0.3 is 0 Å². The number of hydrogen-bond donors (Lipinski definition) is 1. The number of nitrogen functional groups attached to an aromatic ring is 1. The van der Waals surface area contributed by atoms with E-state index in [1.807, 2.05) is 12.1 Å². The van der Waals surface area contributed by atoms with Crippen LogP contribution in [0.5, 0.6) is 0 Å². The number of nitrogens with zero attached hydrogens (tertiary/aromatic N) is 2. The molecule has 0 amide bonds. The number of imidazole rings is 1. The lowest BCUT2D eigenvalue weighted by molar-refractivity contribution is 0.503. The van der Waals surface area contributed by atoms with Gasteiger partial charge in [0.25, 0.3) is 0 Å². The minimum Gasteiger partial charge on any atom is -0.399 e. The van der Waals surface area contributed by atoms with Gasteiger partial charge in [0.15, 0.2) is 0 Å². The zero-order valence-electron chi connectivity index (χ0n) is 13.2. The van der Waals surface area contributed by atoms with Crippen LogP contribution in [0.3, 0.4) is 0 Å².